The summed E-state index contributed by atoms with van der Waals surface area (Å²) >= 11 is 0. The molecule has 0 bridgehead atoms. The molecule has 0 saturated heterocycles. The van der Waals surface area contributed by atoms with Crippen LogP contribution in [0.3, 0.4) is 0 Å². The minimum atomic E-state index is -0.947. The molecule has 0 amide bonds. The van der Waals surface area contributed by atoms with E-state index < -0.39 is 5.97 Å². The third-order valence-electron chi connectivity index (χ3n) is 3.26. The largest absolute Gasteiger partial charge is 0.477 e. The second-order valence-corrected chi connectivity index (χ2v) is 4.51. The van der Waals surface area contributed by atoms with Crippen LogP contribution in [-0.2, 0) is 0 Å². The van der Waals surface area contributed by atoms with Gasteiger partial charge in [0.1, 0.15) is 5.69 Å². The van der Waals surface area contributed by atoms with Crippen molar-refractivity contribution in [1.82, 2.24) is 4.98 Å². The predicted molar refractivity (Wildman–Crippen MR) is 78.6 cm³/mol. The summed E-state index contributed by atoms with van der Waals surface area (Å²) in [6.07, 6.45) is 1.64. The molecule has 0 atom stereocenters. The summed E-state index contributed by atoms with van der Waals surface area (Å²) in [6.45, 7) is 0. The van der Waals surface area contributed by atoms with E-state index in [1.54, 1.807) is 12.3 Å². The van der Waals surface area contributed by atoms with Gasteiger partial charge in [0.05, 0.1) is 0 Å². The van der Waals surface area contributed by atoms with Crippen LogP contribution < -0.4 is 0 Å². The Morgan fingerprint density at radius 1 is 0.800 bits per heavy atom. The molecule has 0 aliphatic heterocycles. The lowest BCUT2D eigenvalue weighted by Gasteiger charge is -2.04. The summed E-state index contributed by atoms with van der Waals surface area (Å²) in [6, 6.07) is 19.7. The molecular weight excluding hydrogens is 250 g/mol. The van der Waals surface area contributed by atoms with Crippen LogP contribution in [0.1, 0.15) is 10.5 Å². The van der Waals surface area contributed by atoms with Crippen molar-refractivity contribution >= 4 is 5.97 Å². The molecule has 2 aromatic carbocycles. The average Bonchev–Trinajstić information content (AvgIpc) is 2.98. The number of aromatic carboxylic acids is 1. The first kappa shape index (κ1) is 12.2. The molecule has 0 unspecified atom stereocenters. The van der Waals surface area contributed by atoms with Gasteiger partial charge in [-0.1, -0.05) is 54.6 Å². The smallest absolute Gasteiger partial charge is 0.352 e. The van der Waals surface area contributed by atoms with E-state index in [0.717, 1.165) is 16.7 Å². The lowest BCUT2D eigenvalue weighted by molar-refractivity contribution is 0.0692. The second-order valence-electron chi connectivity index (χ2n) is 4.51. The van der Waals surface area contributed by atoms with Gasteiger partial charge in [-0.25, -0.2) is 4.79 Å². The monoisotopic (exact) mass is 263 g/mol. The molecule has 0 radical (unpaired) electrons. The molecule has 3 aromatic rings. The summed E-state index contributed by atoms with van der Waals surface area (Å²) < 4.78 is 0. The molecule has 0 aliphatic carbocycles. The van der Waals surface area contributed by atoms with Crippen LogP contribution >= 0.6 is 0 Å². The zero-order valence-electron chi connectivity index (χ0n) is 10.7. The fourth-order valence-electron chi connectivity index (χ4n) is 2.26. The summed E-state index contributed by atoms with van der Waals surface area (Å²) in [7, 11) is 0. The number of aromatic amines is 1. The van der Waals surface area contributed by atoms with Crippen LogP contribution in [0.5, 0.6) is 0 Å². The molecule has 3 nitrogen and oxygen atoms in total. The number of H-pyrrole nitrogens is 1. The fourth-order valence-corrected chi connectivity index (χ4v) is 2.26. The van der Waals surface area contributed by atoms with Crippen molar-refractivity contribution in [3.8, 4) is 22.3 Å². The van der Waals surface area contributed by atoms with Crippen LogP contribution in [0.15, 0.2) is 66.9 Å². The van der Waals surface area contributed by atoms with Crippen molar-refractivity contribution in [2.75, 3.05) is 0 Å². The average molecular weight is 263 g/mol. The normalized spacial score (nSPS) is 10.4. The third kappa shape index (κ3) is 2.21. The van der Waals surface area contributed by atoms with E-state index in [2.05, 4.69) is 4.98 Å². The van der Waals surface area contributed by atoms with Gasteiger partial charge in [0.15, 0.2) is 0 Å². The molecule has 0 aliphatic rings. The van der Waals surface area contributed by atoms with E-state index in [1.807, 2.05) is 54.6 Å². The Hall–Kier alpha value is -2.81. The SMILES string of the molecule is O=C(O)c1[nH]ccc1-c1ccc(-c2ccccc2)cc1. The van der Waals surface area contributed by atoms with Crippen molar-refractivity contribution in [3.05, 3.63) is 72.6 Å². The van der Waals surface area contributed by atoms with Crippen molar-refractivity contribution in [1.29, 1.82) is 0 Å². The predicted octanol–water partition coefficient (Wildman–Crippen LogP) is 4.05. The molecule has 2 N–H and O–H groups in total. The van der Waals surface area contributed by atoms with Gasteiger partial charge < -0.3 is 10.1 Å². The van der Waals surface area contributed by atoms with Gasteiger partial charge >= 0.3 is 5.97 Å². The van der Waals surface area contributed by atoms with Gasteiger partial charge in [-0.05, 0) is 22.8 Å². The first-order valence-electron chi connectivity index (χ1n) is 6.32. The molecule has 3 heteroatoms. The summed E-state index contributed by atoms with van der Waals surface area (Å²) in [4.78, 5) is 13.9. The summed E-state index contributed by atoms with van der Waals surface area (Å²) in [5.41, 5.74) is 4.08. The fraction of sp³-hybridized carbons (Fsp3) is 0. The molecule has 0 spiro atoms. The molecular formula is C17H13NO2. The van der Waals surface area contributed by atoms with Crippen molar-refractivity contribution in [2.24, 2.45) is 0 Å². The number of carboxylic acid groups (broad SMARTS) is 1. The van der Waals surface area contributed by atoms with E-state index in [9.17, 15) is 4.79 Å². The zero-order valence-corrected chi connectivity index (χ0v) is 10.7. The van der Waals surface area contributed by atoms with E-state index >= 15 is 0 Å². The molecule has 1 aromatic heterocycles. The van der Waals surface area contributed by atoms with Gasteiger partial charge in [0.25, 0.3) is 0 Å². The van der Waals surface area contributed by atoms with E-state index in [0.29, 0.717) is 5.56 Å². The molecule has 20 heavy (non-hydrogen) atoms. The standard InChI is InChI=1S/C17H13NO2/c19-17(20)16-15(10-11-18-16)14-8-6-13(7-9-14)12-4-2-1-3-5-12/h1-11,18H,(H,19,20). The number of rotatable bonds is 3. The lowest BCUT2D eigenvalue weighted by Crippen LogP contribution is -1.98. The summed E-state index contributed by atoms with van der Waals surface area (Å²) in [5.74, 6) is -0.947. The van der Waals surface area contributed by atoms with Crippen molar-refractivity contribution < 1.29 is 9.90 Å². The third-order valence-corrected chi connectivity index (χ3v) is 3.26. The maximum atomic E-state index is 11.1. The van der Waals surface area contributed by atoms with Crippen molar-refractivity contribution in [3.63, 3.8) is 0 Å². The summed E-state index contributed by atoms with van der Waals surface area (Å²) in [5, 5.41) is 9.12. The molecule has 0 saturated carbocycles. The maximum absolute atomic E-state index is 11.1. The van der Waals surface area contributed by atoms with E-state index in [1.165, 1.54) is 0 Å². The topological polar surface area (TPSA) is 53.1 Å². The van der Waals surface area contributed by atoms with Crippen molar-refractivity contribution in [2.45, 2.75) is 0 Å². The van der Waals surface area contributed by atoms with Gasteiger partial charge in [-0.15, -0.1) is 0 Å². The number of nitrogens with one attached hydrogen (secondary N) is 1. The molecule has 1 heterocycles. The highest BCUT2D eigenvalue weighted by Crippen LogP contribution is 2.26. The first-order valence-corrected chi connectivity index (χ1v) is 6.32. The Balaban J connectivity index is 1.98. The quantitative estimate of drug-likeness (QED) is 0.749. The Labute approximate surface area is 116 Å². The van der Waals surface area contributed by atoms with E-state index in [4.69, 9.17) is 5.11 Å². The zero-order chi connectivity index (χ0) is 13.9. The highest BCUT2D eigenvalue weighted by molar-refractivity contribution is 5.94. The number of hydrogen-bond acceptors (Lipinski definition) is 1. The molecule has 3 rings (SSSR count). The van der Waals surface area contributed by atoms with E-state index in [-0.39, 0.29) is 5.69 Å². The molecule has 0 fully saturated rings. The maximum Gasteiger partial charge on any atom is 0.352 e. The highest BCUT2D eigenvalue weighted by atomic mass is 16.4. The Kier molecular flexibility index (Phi) is 3.09. The first-order chi connectivity index (χ1) is 9.75. The number of benzene rings is 2. The Bertz CT molecular complexity index is 727. The van der Waals surface area contributed by atoms with Crippen LogP contribution in [0, 0.1) is 0 Å². The van der Waals surface area contributed by atoms with Crippen LogP contribution in [0.4, 0.5) is 0 Å². The highest BCUT2D eigenvalue weighted by Gasteiger charge is 2.12. The Morgan fingerprint density at radius 3 is 2.05 bits per heavy atom. The van der Waals surface area contributed by atoms with Gasteiger partial charge in [-0.3, -0.25) is 0 Å². The molecule has 98 valence electrons. The van der Waals surface area contributed by atoms with Gasteiger partial charge in [0.2, 0.25) is 0 Å². The number of carboxylic acids is 1. The minimum absolute atomic E-state index is 0.220. The van der Waals surface area contributed by atoms with Gasteiger partial charge in [-0.2, -0.15) is 0 Å². The van der Waals surface area contributed by atoms with Gasteiger partial charge in [0, 0.05) is 11.8 Å². The lowest BCUT2D eigenvalue weighted by atomic mass is 10.0. The van der Waals surface area contributed by atoms with Crippen LogP contribution in [-0.4, -0.2) is 16.1 Å². The van der Waals surface area contributed by atoms with Crippen LogP contribution in [0.2, 0.25) is 0 Å². The second kappa shape index (κ2) is 5.05. The minimum Gasteiger partial charge on any atom is -0.477 e. The number of aromatic nitrogens is 1. The Morgan fingerprint density at radius 2 is 1.40 bits per heavy atom. The number of hydrogen-bond donors (Lipinski definition) is 2. The number of carbonyl (C=O) groups is 1. The van der Waals surface area contributed by atoms with Crippen LogP contribution in [0.25, 0.3) is 22.3 Å².